The molecule has 25 heavy (non-hydrogen) atoms. The third kappa shape index (κ3) is 5.33. The molecule has 3 rings (SSSR count). The Labute approximate surface area is 149 Å². The van der Waals surface area contributed by atoms with Crippen molar-refractivity contribution in [1.82, 2.24) is 10.2 Å². The van der Waals surface area contributed by atoms with Crippen LogP contribution in [0.1, 0.15) is 34.3 Å². The molecule has 0 spiro atoms. The van der Waals surface area contributed by atoms with Crippen LogP contribution < -0.4 is 10.1 Å². The molecule has 4 heteroatoms. The van der Waals surface area contributed by atoms with Gasteiger partial charge in [-0.05, 0) is 62.7 Å². The van der Waals surface area contributed by atoms with E-state index in [1.54, 1.807) is 0 Å². The van der Waals surface area contributed by atoms with Crippen LogP contribution in [-0.4, -0.2) is 37.0 Å². The van der Waals surface area contributed by atoms with Gasteiger partial charge >= 0.3 is 0 Å². The first-order valence-corrected chi connectivity index (χ1v) is 9.00. The first-order chi connectivity index (χ1) is 12.2. The molecule has 1 amide bonds. The average Bonchev–Trinajstić information content (AvgIpc) is 3.15. The highest BCUT2D eigenvalue weighted by molar-refractivity contribution is 5.94. The quantitative estimate of drug-likeness (QED) is 0.841. The van der Waals surface area contributed by atoms with Gasteiger partial charge in [-0.25, -0.2) is 0 Å². The van der Waals surface area contributed by atoms with E-state index < -0.39 is 0 Å². The van der Waals surface area contributed by atoms with Crippen LogP contribution in [0.4, 0.5) is 0 Å². The highest BCUT2D eigenvalue weighted by Gasteiger charge is 2.10. The first kappa shape index (κ1) is 17.5. The minimum Gasteiger partial charge on any atom is -0.492 e. The van der Waals surface area contributed by atoms with Crippen LogP contribution in [0.3, 0.4) is 0 Å². The molecule has 2 aromatic carbocycles. The molecule has 132 valence electrons. The molecule has 1 aliphatic rings. The maximum absolute atomic E-state index is 12.1. The van der Waals surface area contributed by atoms with Crippen LogP contribution in [0.15, 0.2) is 48.5 Å². The summed E-state index contributed by atoms with van der Waals surface area (Å²) in [5.74, 6) is 0.832. The van der Waals surface area contributed by atoms with Crippen molar-refractivity contribution in [3.05, 3.63) is 65.2 Å². The van der Waals surface area contributed by atoms with Gasteiger partial charge in [0.05, 0.1) is 0 Å². The number of carbonyl (C=O) groups is 1. The van der Waals surface area contributed by atoms with Gasteiger partial charge in [0.25, 0.3) is 5.91 Å². The third-order valence-electron chi connectivity index (χ3n) is 4.57. The maximum atomic E-state index is 12.1. The number of nitrogens with zero attached hydrogens (tertiary/aromatic N) is 1. The summed E-state index contributed by atoms with van der Waals surface area (Å²) in [6.45, 7) is 6.64. The van der Waals surface area contributed by atoms with Crippen molar-refractivity contribution >= 4 is 5.91 Å². The molecule has 1 heterocycles. The summed E-state index contributed by atoms with van der Waals surface area (Å²) < 4.78 is 5.80. The Morgan fingerprint density at radius 2 is 1.72 bits per heavy atom. The number of benzene rings is 2. The van der Waals surface area contributed by atoms with E-state index in [1.165, 1.54) is 25.9 Å². The number of ether oxygens (including phenoxy) is 1. The van der Waals surface area contributed by atoms with E-state index in [4.69, 9.17) is 4.74 Å². The summed E-state index contributed by atoms with van der Waals surface area (Å²) in [5, 5.41) is 2.95. The molecule has 0 radical (unpaired) electrons. The van der Waals surface area contributed by atoms with E-state index in [0.717, 1.165) is 30.0 Å². The molecule has 2 aromatic rings. The summed E-state index contributed by atoms with van der Waals surface area (Å²) in [7, 11) is 0. The van der Waals surface area contributed by atoms with Crippen LogP contribution >= 0.6 is 0 Å². The van der Waals surface area contributed by atoms with Crippen molar-refractivity contribution in [1.29, 1.82) is 0 Å². The highest BCUT2D eigenvalue weighted by atomic mass is 16.5. The molecule has 0 aromatic heterocycles. The summed E-state index contributed by atoms with van der Waals surface area (Å²) in [5.41, 5.74) is 2.90. The fourth-order valence-electron chi connectivity index (χ4n) is 2.99. The smallest absolute Gasteiger partial charge is 0.251 e. The molecular formula is C21H26N2O2. The van der Waals surface area contributed by atoms with E-state index in [-0.39, 0.29) is 5.91 Å². The van der Waals surface area contributed by atoms with Crippen LogP contribution in [-0.2, 0) is 6.54 Å². The number of amides is 1. The predicted molar refractivity (Wildman–Crippen MR) is 100.0 cm³/mol. The lowest BCUT2D eigenvalue weighted by atomic mass is 10.1. The molecule has 0 atom stereocenters. The van der Waals surface area contributed by atoms with E-state index in [9.17, 15) is 4.79 Å². The SMILES string of the molecule is Cc1ccc(C(=O)NCc2ccc(OCCN3CCCC3)cc2)cc1. The van der Waals surface area contributed by atoms with Gasteiger partial charge in [-0.15, -0.1) is 0 Å². The van der Waals surface area contributed by atoms with Gasteiger partial charge in [-0.2, -0.15) is 0 Å². The lowest BCUT2D eigenvalue weighted by Crippen LogP contribution is -2.25. The zero-order valence-electron chi connectivity index (χ0n) is 14.8. The topological polar surface area (TPSA) is 41.6 Å². The van der Waals surface area contributed by atoms with Crippen molar-refractivity contribution in [2.45, 2.75) is 26.3 Å². The molecule has 0 aliphatic carbocycles. The number of carbonyl (C=O) groups excluding carboxylic acids is 1. The number of aryl methyl sites for hydroxylation is 1. The van der Waals surface area contributed by atoms with Gasteiger partial charge in [0, 0.05) is 18.7 Å². The lowest BCUT2D eigenvalue weighted by Gasteiger charge is -2.15. The molecule has 1 fully saturated rings. The zero-order chi connectivity index (χ0) is 17.5. The van der Waals surface area contributed by atoms with Gasteiger partial charge in [0.1, 0.15) is 12.4 Å². The number of nitrogens with one attached hydrogen (secondary N) is 1. The fraction of sp³-hybridized carbons (Fsp3) is 0.381. The second-order valence-corrected chi connectivity index (χ2v) is 6.59. The molecule has 0 unspecified atom stereocenters. The molecule has 1 N–H and O–H groups in total. The summed E-state index contributed by atoms with van der Waals surface area (Å²) >= 11 is 0. The lowest BCUT2D eigenvalue weighted by molar-refractivity contribution is 0.0951. The molecule has 0 bridgehead atoms. The van der Waals surface area contributed by atoms with Crippen LogP contribution in [0.2, 0.25) is 0 Å². The second-order valence-electron chi connectivity index (χ2n) is 6.59. The van der Waals surface area contributed by atoms with Crippen LogP contribution in [0, 0.1) is 6.92 Å². The number of hydrogen-bond acceptors (Lipinski definition) is 3. The van der Waals surface area contributed by atoms with E-state index in [1.807, 2.05) is 55.5 Å². The van der Waals surface area contributed by atoms with Crippen LogP contribution in [0.25, 0.3) is 0 Å². The average molecular weight is 338 g/mol. The van der Waals surface area contributed by atoms with Gasteiger partial charge in [0.15, 0.2) is 0 Å². The fourth-order valence-corrected chi connectivity index (χ4v) is 2.99. The third-order valence-corrected chi connectivity index (χ3v) is 4.57. The highest BCUT2D eigenvalue weighted by Crippen LogP contribution is 2.13. The first-order valence-electron chi connectivity index (χ1n) is 9.00. The minimum atomic E-state index is -0.0501. The molecule has 1 saturated heterocycles. The van der Waals surface area contributed by atoms with Crippen molar-refractivity contribution in [2.75, 3.05) is 26.2 Å². The number of hydrogen-bond donors (Lipinski definition) is 1. The Balaban J connectivity index is 1.42. The Morgan fingerprint density at radius 3 is 2.40 bits per heavy atom. The Kier molecular flexibility index (Phi) is 6.07. The molecule has 1 aliphatic heterocycles. The summed E-state index contributed by atoms with van der Waals surface area (Å²) in [6, 6.07) is 15.5. The Bertz CT molecular complexity index is 674. The largest absolute Gasteiger partial charge is 0.492 e. The van der Waals surface area contributed by atoms with Gasteiger partial charge in [0.2, 0.25) is 0 Å². The van der Waals surface area contributed by atoms with E-state index in [2.05, 4.69) is 10.2 Å². The molecule has 4 nitrogen and oxygen atoms in total. The van der Waals surface area contributed by atoms with Gasteiger partial charge < -0.3 is 10.1 Å². The molecule has 0 saturated carbocycles. The summed E-state index contributed by atoms with van der Waals surface area (Å²) in [4.78, 5) is 14.6. The maximum Gasteiger partial charge on any atom is 0.251 e. The van der Waals surface area contributed by atoms with Crippen LogP contribution in [0.5, 0.6) is 5.75 Å². The van der Waals surface area contributed by atoms with E-state index >= 15 is 0 Å². The van der Waals surface area contributed by atoms with Gasteiger partial charge in [-0.3, -0.25) is 9.69 Å². The molecular weight excluding hydrogens is 312 g/mol. The van der Waals surface area contributed by atoms with Gasteiger partial charge in [-0.1, -0.05) is 29.8 Å². The number of rotatable bonds is 7. The van der Waals surface area contributed by atoms with Crippen molar-refractivity contribution < 1.29 is 9.53 Å². The zero-order valence-corrected chi connectivity index (χ0v) is 14.8. The standard InChI is InChI=1S/C21H26N2O2/c1-17-4-8-19(9-5-17)21(24)22-16-18-6-10-20(11-7-18)25-15-14-23-12-2-3-13-23/h4-11H,2-3,12-16H2,1H3,(H,22,24). The van der Waals surface area contributed by atoms with Crippen molar-refractivity contribution in [2.24, 2.45) is 0 Å². The minimum absolute atomic E-state index is 0.0501. The Morgan fingerprint density at radius 1 is 1.04 bits per heavy atom. The summed E-state index contributed by atoms with van der Waals surface area (Å²) in [6.07, 6.45) is 2.62. The monoisotopic (exact) mass is 338 g/mol. The van der Waals surface area contributed by atoms with Crippen molar-refractivity contribution in [3.8, 4) is 5.75 Å². The predicted octanol–water partition coefficient (Wildman–Crippen LogP) is 3.40. The normalized spacial score (nSPS) is 14.4. The van der Waals surface area contributed by atoms with E-state index in [0.29, 0.717) is 12.1 Å². The number of likely N-dealkylation sites (tertiary alicyclic amines) is 1. The second kappa shape index (κ2) is 8.67. The Hall–Kier alpha value is -2.33. The van der Waals surface area contributed by atoms with Crippen molar-refractivity contribution in [3.63, 3.8) is 0 Å².